The quantitative estimate of drug-likeness (QED) is 0.683. The number of nitrogens with one attached hydrogen (secondary N) is 3. The molecule has 2 aliphatic rings. The minimum atomic E-state index is -0.518. The molecule has 2 saturated heterocycles. The Bertz CT molecular complexity index is 796. The van der Waals surface area contributed by atoms with Crippen molar-refractivity contribution in [1.82, 2.24) is 35.7 Å². The highest BCUT2D eigenvalue weighted by Crippen LogP contribution is 2.24. The molecule has 0 saturated carbocycles. The standard InChI is InChI=1S/C17H21N7O2/c25-14(11-13-21-15(23-22-13)12-1-5-18-6-2-12)24-9-3-17(4-10-24)16(26)19-7-8-20-17/h1-2,5-6,20H,3-4,7-11H2,(H,19,26)(H,21,22,23). The molecule has 0 bridgehead atoms. The molecular formula is C17H21N7O2. The lowest BCUT2D eigenvalue weighted by Gasteiger charge is -2.43. The summed E-state index contributed by atoms with van der Waals surface area (Å²) >= 11 is 0. The van der Waals surface area contributed by atoms with Crippen LogP contribution in [0.4, 0.5) is 0 Å². The highest BCUT2D eigenvalue weighted by molar-refractivity contribution is 5.87. The van der Waals surface area contributed by atoms with Crippen LogP contribution >= 0.6 is 0 Å². The molecule has 0 aromatic carbocycles. The van der Waals surface area contributed by atoms with E-state index in [4.69, 9.17) is 0 Å². The molecule has 0 aliphatic carbocycles. The van der Waals surface area contributed by atoms with E-state index in [1.807, 2.05) is 12.1 Å². The summed E-state index contributed by atoms with van der Waals surface area (Å²) < 4.78 is 0. The molecule has 0 radical (unpaired) electrons. The van der Waals surface area contributed by atoms with Crippen LogP contribution in [0.25, 0.3) is 11.4 Å². The van der Waals surface area contributed by atoms with Gasteiger partial charge in [-0.15, -0.1) is 0 Å². The largest absolute Gasteiger partial charge is 0.353 e. The van der Waals surface area contributed by atoms with Crippen LogP contribution in [0.5, 0.6) is 0 Å². The fourth-order valence-electron chi connectivity index (χ4n) is 3.53. The molecule has 136 valence electrons. The molecule has 0 atom stereocenters. The lowest BCUT2D eigenvalue weighted by molar-refractivity contribution is -0.138. The number of hydrogen-bond donors (Lipinski definition) is 3. The van der Waals surface area contributed by atoms with Crippen LogP contribution in [-0.2, 0) is 16.0 Å². The second kappa shape index (κ2) is 6.83. The van der Waals surface area contributed by atoms with E-state index in [1.165, 1.54) is 0 Å². The summed E-state index contributed by atoms with van der Waals surface area (Å²) in [5.41, 5.74) is 0.333. The van der Waals surface area contributed by atoms with Gasteiger partial charge in [-0.3, -0.25) is 19.7 Å². The third-order valence-corrected chi connectivity index (χ3v) is 5.07. The van der Waals surface area contributed by atoms with Gasteiger partial charge in [-0.25, -0.2) is 4.98 Å². The number of H-pyrrole nitrogens is 1. The lowest BCUT2D eigenvalue weighted by atomic mass is 9.85. The van der Waals surface area contributed by atoms with Crippen LogP contribution in [0.1, 0.15) is 18.7 Å². The summed E-state index contributed by atoms with van der Waals surface area (Å²) in [6.45, 7) is 2.55. The number of carbonyl (C=O) groups excluding carboxylic acids is 2. The average molecular weight is 355 g/mol. The number of piperazine rings is 1. The van der Waals surface area contributed by atoms with Crippen molar-refractivity contribution in [3.05, 3.63) is 30.4 Å². The predicted molar refractivity (Wildman–Crippen MR) is 92.9 cm³/mol. The van der Waals surface area contributed by atoms with Gasteiger partial charge in [0.2, 0.25) is 11.8 Å². The molecule has 4 rings (SSSR count). The number of carbonyl (C=O) groups is 2. The van der Waals surface area contributed by atoms with Gasteiger partial charge in [0, 0.05) is 44.1 Å². The molecular weight excluding hydrogens is 334 g/mol. The average Bonchev–Trinajstić information content (AvgIpc) is 3.14. The second-order valence-electron chi connectivity index (χ2n) is 6.66. The second-order valence-corrected chi connectivity index (χ2v) is 6.66. The number of amides is 2. The van der Waals surface area contributed by atoms with E-state index >= 15 is 0 Å². The van der Waals surface area contributed by atoms with Crippen LogP contribution < -0.4 is 10.6 Å². The smallest absolute Gasteiger partial charge is 0.240 e. The Morgan fingerprint density at radius 3 is 2.69 bits per heavy atom. The summed E-state index contributed by atoms with van der Waals surface area (Å²) in [5.74, 6) is 1.13. The Labute approximate surface area is 150 Å². The van der Waals surface area contributed by atoms with E-state index in [-0.39, 0.29) is 18.2 Å². The van der Waals surface area contributed by atoms with Gasteiger partial charge < -0.3 is 15.5 Å². The normalized spacial score (nSPS) is 19.4. The highest BCUT2D eigenvalue weighted by Gasteiger charge is 2.43. The number of rotatable bonds is 3. The maximum atomic E-state index is 12.6. The molecule has 2 aromatic heterocycles. The van der Waals surface area contributed by atoms with Crippen LogP contribution in [0.2, 0.25) is 0 Å². The first-order valence-corrected chi connectivity index (χ1v) is 8.79. The molecule has 9 nitrogen and oxygen atoms in total. The first-order chi connectivity index (χ1) is 12.7. The fourth-order valence-corrected chi connectivity index (χ4v) is 3.53. The van der Waals surface area contributed by atoms with Gasteiger partial charge in [0.25, 0.3) is 0 Å². The van der Waals surface area contributed by atoms with Crippen molar-refractivity contribution >= 4 is 11.8 Å². The number of likely N-dealkylation sites (tertiary alicyclic amines) is 1. The summed E-state index contributed by atoms with van der Waals surface area (Å²) in [4.78, 5) is 34.9. The molecule has 0 unspecified atom stereocenters. The Kier molecular flexibility index (Phi) is 4.37. The number of nitrogens with zero attached hydrogens (tertiary/aromatic N) is 4. The molecule has 26 heavy (non-hydrogen) atoms. The van der Waals surface area contributed by atoms with Crippen molar-refractivity contribution in [2.45, 2.75) is 24.8 Å². The molecule has 2 aromatic rings. The number of aromatic amines is 1. The molecule has 9 heteroatoms. The number of pyridine rings is 1. The molecule has 2 amide bonds. The van der Waals surface area contributed by atoms with Crippen LogP contribution in [0.15, 0.2) is 24.5 Å². The zero-order chi connectivity index (χ0) is 18.0. The van der Waals surface area contributed by atoms with Gasteiger partial charge in [-0.2, -0.15) is 5.10 Å². The van der Waals surface area contributed by atoms with Gasteiger partial charge in [-0.05, 0) is 25.0 Å². The summed E-state index contributed by atoms with van der Waals surface area (Å²) in [6, 6.07) is 3.64. The Morgan fingerprint density at radius 2 is 1.96 bits per heavy atom. The number of aromatic nitrogens is 4. The number of hydrogen-bond acceptors (Lipinski definition) is 6. The van der Waals surface area contributed by atoms with Crippen LogP contribution in [-0.4, -0.2) is 68.6 Å². The molecule has 1 spiro atoms. The van der Waals surface area contributed by atoms with E-state index in [1.54, 1.807) is 17.3 Å². The Balaban J connectivity index is 1.36. The first kappa shape index (κ1) is 16.6. The predicted octanol–water partition coefficient (Wildman–Crippen LogP) is -0.510. The van der Waals surface area contributed by atoms with Gasteiger partial charge in [0.1, 0.15) is 11.4 Å². The van der Waals surface area contributed by atoms with Gasteiger partial charge in [-0.1, -0.05) is 0 Å². The van der Waals surface area contributed by atoms with E-state index in [2.05, 4.69) is 30.8 Å². The van der Waals surface area contributed by atoms with Crippen molar-refractivity contribution in [2.24, 2.45) is 0 Å². The van der Waals surface area contributed by atoms with E-state index in [9.17, 15) is 9.59 Å². The summed E-state index contributed by atoms with van der Waals surface area (Å²) in [6.07, 6.45) is 4.78. The van der Waals surface area contributed by atoms with Gasteiger partial charge >= 0.3 is 0 Å². The van der Waals surface area contributed by atoms with E-state index in [0.717, 1.165) is 12.1 Å². The summed E-state index contributed by atoms with van der Waals surface area (Å²) in [7, 11) is 0. The van der Waals surface area contributed by atoms with Crippen molar-refractivity contribution in [3.63, 3.8) is 0 Å². The minimum Gasteiger partial charge on any atom is -0.353 e. The maximum Gasteiger partial charge on any atom is 0.240 e. The van der Waals surface area contributed by atoms with Crippen LogP contribution in [0.3, 0.4) is 0 Å². The van der Waals surface area contributed by atoms with Crippen molar-refractivity contribution in [1.29, 1.82) is 0 Å². The molecule has 3 N–H and O–H groups in total. The Morgan fingerprint density at radius 1 is 1.19 bits per heavy atom. The first-order valence-electron chi connectivity index (χ1n) is 8.79. The van der Waals surface area contributed by atoms with Crippen molar-refractivity contribution in [3.8, 4) is 11.4 Å². The fraction of sp³-hybridized carbons (Fsp3) is 0.471. The summed E-state index contributed by atoms with van der Waals surface area (Å²) in [5, 5.41) is 13.2. The third kappa shape index (κ3) is 3.17. The van der Waals surface area contributed by atoms with Crippen molar-refractivity contribution in [2.75, 3.05) is 26.2 Å². The molecule has 4 heterocycles. The van der Waals surface area contributed by atoms with Crippen LogP contribution in [0, 0.1) is 0 Å². The molecule has 2 fully saturated rings. The minimum absolute atomic E-state index is 0.00602. The monoisotopic (exact) mass is 355 g/mol. The third-order valence-electron chi connectivity index (χ3n) is 5.07. The van der Waals surface area contributed by atoms with E-state index in [0.29, 0.717) is 44.1 Å². The zero-order valence-electron chi connectivity index (χ0n) is 14.4. The van der Waals surface area contributed by atoms with E-state index < -0.39 is 5.54 Å². The SMILES string of the molecule is O=C(Cc1nc(-c2ccncc2)n[nH]1)N1CCC2(CC1)NCCNC2=O. The Hall–Kier alpha value is -2.81. The van der Waals surface area contributed by atoms with Gasteiger partial charge in [0.05, 0.1) is 6.42 Å². The topological polar surface area (TPSA) is 116 Å². The van der Waals surface area contributed by atoms with Gasteiger partial charge in [0.15, 0.2) is 5.82 Å². The highest BCUT2D eigenvalue weighted by atomic mass is 16.2. The van der Waals surface area contributed by atoms with Crippen molar-refractivity contribution < 1.29 is 9.59 Å². The lowest BCUT2D eigenvalue weighted by Crippen LogP contribution is -2.67. The zero-order valence-corrected chi connectivity index (χ0v) is 14.4. The number of piperidine rings is 1. The maximum absolute atomic E-state index is 12.6. The molecule has 2 aliphatic heterocycles.